The van der Waals surface area contributed by atoms with Gasteiger partial charge in [0.1, 0.15) is 23.7 Å². The summed E-state index contributed by atoms with van der Waals surface area (Å²) in [5, 5.41) is 12.9. The third kappa shape index (κ3) is 2.93. The van der Waals surface area contributed by atoms with Crippen molar-refractivity contribution in [3.63, 3.8) is 0 Å². The Labute approximate surface area is 116 Å². The molecule has 1 aromatic heterocycles. The van der Waals surface area contributed by atoms with E-state index in [4.69, 9.17) is 9.84 Å². The molecule has 2 rings (SSSR count). The molecule has 0 atom stereocenters. The molecule has 0 saturated carbocycles. The van der Waals surface area contributed by atoms with Crippen LogP contribution in [0.5, 0.6) is 5.75 Å². The summed E-state index contributed by atoms with van der Waals surface area (Å²) in [5.41, 5.74) is 0.471. The van der Waals surface area contributed by atoms with Gasteiger partial charge in [0, 0.05) is 13.1 Å². The number of carboxylic acid groups (broad SMARTS) is 1. The van der Waals surface area contributed by atoms with Gasteiger partial charge in [-0.15, -0.1) is 0 Å². The topological polar surface area (TPSA) is 64.4 Å². The number of hydrogen-bond acceptors (Lipinski definition) is 3. The van der Waals surface area contributed by atoms with Gasteiger partial charge in [0.25, 0.3) is 0 Å². The highest BCUT2D eigenvalue weighted by molar-refractivity contribution is 9.10. The third-order valence-electron chi connectivity index (χ3n) is 2.55. The summed E-state index contributed by atoms with van der Waals surface area (Å²) in [5.74, 6) is -1.20. The molecule has 2 aromatic rings. The highest BCUT2D eigenvalue weighted by Gasteiger charge is 2.16. The van der Waals surface area contributed by atoms with Gasteiger partial charge in [-0.2, -0.15) is 5.10 Å². The second kappa shape index (κ2) is 5.40. The lowest BCUT2D eigenvalue weighted by Crippen LogP contribution is -2.08. The zero-order chi connectivity index (χ0) is 14.0. The molecule has 1 heterocycles. The predicted octanol–water partition coefficient (Wildman–Crippen LogP) is 2.60. The van der Waals surface area contributed by atoms with Crippen LogP contribution in [-0.2, 0) is 13.7 Å². The Morgan fingerprint density at radius 2 is 2.32 bits per heavy atom. The van der Waals surface area contributed by atoms with E-state index in [0.717, 1.165) is 0 Å². The van der Waals surface area contributed by atoms with Gasteiger partial charge in [-0.05, 0) is 28.1 Å². The van der Waals surface area contributed by atoms with Crippen molar-refractivity contribution in [3.8, 4) is 5.75 Å². The van der Waals surface area contributed by atoms with Gasteiger partial charge in [-0.25, -0.2) is 9.18 Å². The lowest BCUT2D eigenvalue weighted by molar-refractivity contribution is 0.0693. The number of carboxylic acids is 1. The summed E-state index contributed by atoms with van der Waals surface area (Å²) in [6, 6.07) is 4.04. The normalized spacial score (nSPS) is 10.5. The van der Waals surface area contributed by atoms with Crippen molar-refractivity contribution < 1.29 is 19.0 Å². The molecule has 0 amide bonds. The average molecular weight is 329 g/mol. The SMILES string of the molecule is Cn1ncc(C(=O)O)c1COc1cc(F)ccc1Br. The van der Waals surface area contributed by atoms with Crippen molar-refractivity contribution in [3.05, 3.63) is 45.9 Å². The van der Waals surface area contributed by atoms with Gasteiger partial charge in [0.05, 0.1) is 16.4 Å². The molecule has 0 aliphatic carbocycles. The molecule has 0 unspecified atom stereocenters. The van der Waals surface area contributed by atoms with Crippen LogP contribution < -0.4 is 4.74 Å². The molecule has 1 aromatic carbocycles. The lowest BCUT2D eigenvalue weighted by Gasteiger charge is -2.09. The van der Waals surface area contributed by atoms with Crippen LogP contribution in [0.3, 0.4) is 0 Å². The second-order valence-corrected chi connectivity index (χ2v) is 4.65. The first-order valence-corrected chi connectivity index (χ1v) is 6.10. The number of hydrogen-bond donors (Lipinski definition) is 1. The summed E-state index contributed by atoms with van der Waals surface area (Å²) in [4.78, 5) is 11.0. The number of aromatic carboxylic acids is 1. The number of nitrogens with zero attached hydrogens (tertiary/aromatic N) is 2. The van der Waals surface area contributed by atoms with Gasteiger partial charge >= 0.3 is 5.97 Å². The Kier molecular flexibility index (Phi) is 3.84. The number of ether oxygens (including phenoxy) is 1. The van der Waals surface area contributed by atoms with Crippen molar-refractivity contribution in [1.29, 1.82) is 0 Å². The molecule has 7 heteroatoms. The Morgan fingerprint density at radius 3 is 3.00 bits per heavy atom. The fourth-order valence-electron chi connectivity index (χ4n) is 1.55. The van der Waals surface area contributed by atoms with E-state index in [1.807, 2.05) is 0 Å². The van der Waals surface area contributed by atoms with Crippen molar-refractivity contribution >= 4 is 21.9 Å². The maximum absolute atomic E-state index is 13.1. The maximum Gasteiger partial charge on any atom is 0.339 e. The van der Waals surface area contributed by atoms with E-state index in [0.29, 0.717) is 15.9 Å². The van der Waals surface area contributed by atoms with Crippen LogP contribution in [0.4, 0.5) is 4.39 Å². The van der Waals surface area contributed by atoms with Gasteiger partial charge in [-0.3, -0.25) is 4.68 Å². The number of rotatable bonds is 4. The Balaban J connectivity index is 2.21. The monoisotopic (exact) mass is 328 g/mol. The molecule has 0 radical (unpaired) electrons. The molecule has 0 aliphatic rings. The molecular weight excluding hydrogens is 319 g/mol. The van der Waals surface area contributed by atoms with E-state index in [9.17, 15) is 9.18 Å². The van der Waals surface area contributed by atoms with E-state index < -0.39 is 11.8 Å². The lowest BCUT2D eigenvalue weighted by atomic mass is 10.2. The van der Waals surface area contributed by atoms with Crippen molar-refractivity contribution in [2.45, 2.75) is 6.61 Å². The van der Waals surface area contributed by atoms with Crippen LogP contribution in [0, 0.1) is 5.82 Å². The minimum Gasteiger partial charge on any atom is -0.486 e. The van der Waals surface area contributed by atoms with Crippen LogP contribution in [0.1, 0.15) is 16.1 Å². The van der Waals surface area contributed by atoms with E-state index in [1.165, 1.54) is 29.1 Å². The molecule has 0 aliphatic heterocycles. The van der Waals surface area contributed by atoms with Crippen LogP contribution in [-0.4, -0.2) is 20.9 Å². The van der Waals surface area contributed by atoms with Gasteiger partial charge in [-0.1, -0.05) is 0 Å². The van der Waals surface area contributed by atoms with E-state index in [1.54, 1.807) is 7.05 Å². The minimum absolute atomic E-state index is 0.0137. The van der Waals surface area contributed by atoms with Crippen molar-refractivity contribution in [2.24, 2.45) is 7.05 Å². The molecule has 0 saturated heterocycles. The highest BCUT2D eigenvalue weighted by Crippen LogP contribution is 2.26. The smallest absolute Gasteiger partial charge is 0.339 e. The quantitative estimate of drug-likeness (QED) is 0.936. The Bertz CT molecular complexity index is 627. The van der Waals surface area contributed by atoms with Crippen LogP contribution in [0.15, 0.2) is 28.9 Å². The number of aryl methyl sites for hydroxylation is 1. The van der Waals surface area contributed by atoms with Crippen LogP contribution >= 0.6 is 15.9 Å². The van der Waals surface area contributed by atoms with Crippen molar-refractivity contribution in [1.82, 2.24) is 9.78 Å². The molecule has 1 N–H and O–H groups in total. The van der Waals surface area contributed by atoms with Crippen LogP contribution in [0.25, 0.3) is 0 Å². The molecule has 0 bridgehead atoms. The average Bonchev–Trinajstić information content (AvgIpc) is 2.72. The summed E-state index contributed by atoms with van der Waals surface area (Å²) >= 11 is 3.23. The molecular formula is C12H10BrFN2O3. The summed E-state index contributed by atoms with van der Waals surface area (Å²) in [6.45, 7) is -0.0137. The number of benzene rings is 1. The standard InChI is InChI=1S/C12H10BrFN2O3/c1-16-10(8(5-15-16)12(17)18)6-19-11-4-7(14)2-3-9(11)13/h2-5H,6H2,1H3,(H,17,18). The first kappa shape index (κ1) is 13.5. The predicted molar refractivity (Wildman–Crippen MR) is 68.6 cm³/mol. The third-order valence-corrected chi connectivity index (χ3v) is 3.20. The fourth-order valence-corrected chi connectivity index (χ4v) is 1.91. The van der Waals surface area contributed by atoms with Crippen molar-refractivity contribution in [2.75, 3.05) is 0 Å². The molecule has 19 heavy (non-hydrogen) atoms. The summed E-state index contributed by atoms with van der Waals surface area (Å²) in [6.07, 6.45) is 1.25. The van der Waals surface area contributed by atoms with E-state index in [-0.39, 0.29) is 12.2 Å². The number of carbonyl (C=O) groups is 1. The number of halogens is 2. The first-order valence-electron chi connectivity index (χ1n) is 5.31. The zero-order valence-electron chi connectivity index (χ0n) is 9.93. The fraction of sp³-hybridized carbons (Fsp3) is 0.167. The first-order chi connectivity index (χ1) is 8.99. The summed E-state index contributed by atoms with van der Waals surface area (Å²) < 4.78 is 20.5. The number of aromatic nitrogens is 2. The maximum atomic E-state index is 13.1. The summed E-state index contributed by atoms with van der Waals surface area (Å²) in [7, 11) is 1.62. The highest BCUT2D eigenvalue weighted by atomic mass is 79.9. The molecule has 5 nitrogen and oxygen atoms in total. The van der Waals surface area contributed by atoms with Gasteiger partial charge in [0.15, 0.2) is 0 Å². The van der Waals surface area contributed by atoms with Crippen LogP contribution in [0.2, 0.25) is 0 Å². The Hall–Kier alpha value is -1.89. The molecule has 100 valence electrons. The van der Waals surface area contributed by atoms with Gasteiger partial charge < -0.3 is 9.84 Å². The van der Waals surface area contributed by atoms with E-state index >= 15 is 0 Å². The molecule has 0 fully saturated rings. The minimum atomic E-state index is -1.08. The largest absolute Gasteiger partial charge is 0.486 e. The van der Waals surface area contributed by atoms with E-state index in [2.05, 4.69) is 21.0 Å². The molecule has 0 spiro atoms. The second-order valence-electron chi connectivity index (χ2n) is 3.80. The Morgan fingerprint density at radius 1 is 1.58 bits per heavy atom. The zero-order valence-corrected chi connectivity index (χ0v) is 11.5. The van der Waals surface area contributed by atoms with Gasteiger partial charge in [0.2, 0.25) is 0 Å².